The molecule has 0 aliphatic rings. The fraction of sp³-hybridized carbons (Fsp3) is 0.460. The molecule has 0 spiro atoms. The van der Waals surface area contributed by atoms with E-state index in [1.165, 1.54) is 0 Å². The van der Waals surface area contributed by atoms with E-state index in [4.69, 9.17) is 52.0 Å². The average Bonchev–Trinajstić information content (AvgIpc) is 3.30. The second-order valence-corrected chi connectivity index (χ2v) is 23.0. The molecule has 0 saturated carbocycles. The first-order valence-corrected chi connectivity index (χ1v) is 32.2. The minimum absolute atomic E-state index is 0. The molecule has 0 unspecified atom stereocenters. The number of unbranched alkanes of at least 4 members (excludes halogenated alkanes) is 6. The number of nitrogens with one attached hydrogen (secondary N) is 3. The fourth-order valence-corrected chi connectivity index (χ4v) is 10.8. The van der Waals surface area contributed by atoms with Crippen molar-refractivity contribution in [1.82, 2.24) is 34.9 Å². The summed E-state index contributed by atoms with van der Waals surface area (Å²) in [5.41, 5.74) is 8.05. The average molecular weight is 1360 g/mol. The Morgan fingerprint density at radius 3 is 1.36 bits per heavy atom. The maximum atomic E-state index is 13.4. The Hall–Kier alpha value is -4.47. The molecule has 0 bridgehead atoms. The quantitative estimate of drug-likeness (QED) is 0.0154. The molecule has 0 radical (unpaired) electrons. The number of aryl methyl sites for hydroxylation is 2. The fourth-order valence-electron chi connectivity index (χ4n) is 9.81. The van der Waals surface area contributed by atoms with Crippen LogP contribution < -0.4 is 16.0 Å². The van der Waals surface area contributed by atoms with Gasteiger partial charge in [0.2, 0.25) is 17.7 Å². The molecule has 6 rings (SSSR count). The summed E-state index contributed by atoms with van der Waals surface area (Å²) >= 11 is 31.3. The number of thiol groups is 2. The van der Waals surface area contributed by atoms with Crippen LogP contribution in [0.3, 0.4) is 0 Å². The Morgan fingerprint density at radius 1 is 0.529 bits per heavy atom. The second kappa shape index (κ2) is 40.9. The first kappa shape index (κ1) is 74.8. The van der Waals surface area contributed by atoms with Gasteiger partial charge in [0.1, 0.15) is 0 Å². The van der Waals surface area contributed by atoms with Crippen molar-refractivity contribution in [2.24, 2.45) is 0 Å². The Labute approximate surface area is 545 Å². The van der Waals surface area contributed by atoms with E-state index in [9.17, 15) is 28.8 Å². The molecule has 2 aromatic heterocycles. The molecule has 0 atom stereocenters. The number of carbonyl (C=O) groups excluding carboxylic acids is 6. The maximum absolute atomic E-state index is 13.4. The number of amides is 4. The summed E-state index contributed by atoms with van der Waals surface area (Å²) in [6.45, 7) is 13.7. The van der Waals surface area contributed by atoms with Crippen LogP contribution in [0, 0.1) is 27.7 Å². The van der Waals surface area contributed by atoms with Crippen LogP contribution in [0.4, 0.5) is 0 Å². The summed E-state index contributed by atoms with van der Waals surface area (Å²) in [4.78, 5) is 80.8. The number of aromatic nitrogens is 2. The van der Waals surface area contributed by atoms with Crippen molar-refractivity contribution in [2.75, 3.05) is 88.5 Å². The molecule has 15 nitrogen and oxygen atoms in total. The molecule has 461 valence electrons. The number of rotatable bonds is 32. The molecule has 0 fully saturated rings. The van der Waals surface area contributed by atoms with E-state index in [0.29, 0.717) is 90.0 Å². The van der Waals surface area contributed by atoms with Crippen LogP contribution in [0.15, 0.2) is 84.9 Å². The van der Waals surface area contributed by atoms with E-state index in [1.807, 2.05) is 64.1 Å². The molecular weight excluding hydrogens is 1280 g/mol. The number of hydrogen-bond acceptors (Lipinski definition) is 13. The van der Waals surface area contributed by atoms with Gasteiger partial charge in [0.25, 0.3) is 11.8 Å². The molecule has 6 aromatic rings. The van der Waals surface area contributed by atoms with E-state index in [0.717, 1.165) is 145 Å². The van der Waals surface area contributed by atoms with Gasteiger partial charge in [-0.1, -0.05) is 79.6 Å². The van der Waals surface area contributed by atoms with Crippen LogP contribution in [-0.4, -0.2) is 143 Å². The van der Waals surface area contributed by atoms with Crippen molar-refractivity contribution >= 4 is 131 Å². The number of hydrogen-bond donors (Lipinski definition) is 5. The van der Waals surface area contributed by atoms with Gasteiger partial charge in [0.05, 0.1) is 36.3 Å². The number of benzene rings is 4. The molecule has 2 heterocycles. The topological polar surface area (TPSA) is 186 Å². The van der Waals surface area contributed by atoms with Crippen LogP contribution in [0.1, 0.15) is 113 Å². The molecule has 3 N–H and O–H groups in total. The Balaban J connectivity index is 0.000000428. The van der Waals surface area contributed by atoms with Crippen LogP contribution in [0.2, 0.25) is 10.0 Å². The standard InChI is InChI=1S/2C31H41ClN4O3S2.CH4.O.Tc/c2*1-22-7-12-28-27(19-22)26(23(2)36(28)31(39)24-8-10-25(32)11-9-24)20-29(37)33-13-5-3-4-6-15-35(16-18-41)21-30(38)34-14-17-40;;;/h7-12,19H,3-6,13-18,20-21H2,1-2H3,(H4,33,34,37,38,40,41);7-12,19,40-41H,3-6,13-18,20-21H2,1-2H3,(H,33,37)(H,34,38);1H4;;/q;;;;+4/p-3. The molecule has 4 aromatic carbocycles. The zero-order chi connectivity index (χ0) is 61.6. The SMILES string of the molecule is C.Cc1ccc2c(c1)c(CC(=O)NCCCCCCN(CCS)CC(=O)NCCS)c(C)n2C(=O)c1ccc(Cl)cc1.Cc1ccc2c(c1)c(CC(=O)NCCCCCCN(CC[S-])CC(=O)[N-]CC[S-])c(C)n2C(=O)c1ccc(Cl)cc1.[O]=[Tc+4]. The van der Waals surface area contributed by atoms with Crippen molar-refractivity contribution in [3.63, 3.8) is 0 Å². The summed E-state index contributed by atoms with van der Waals surface area (Å²) in [5, 5.41) is 15.9. The number of nitrogens with zero attached hydrogens (tertiary/aromatic N) is 5. The summed E-state index contributed by atoms with van der Waals surface area (Å²) in [6, 6.07) is 25.6. The van der Waals surface area contributed by atoms with E-state index >= 15 is 0 Å². The van der Waals surface area contributed by atoms with Gasteiger partial charge in [-0.15, -0.1) is 0 Å². The second-order valence-electron chi connectivity index (χ2n) is 20.4. The van der Waals surface area contributed by atoms with Crippen molar-refractivity contribution < 1.29 is 51.1 Å². The van der Waals surface area contributed by atoms with Gasteiger partial charge in [-0.05, 0) is 157 Å². The van der Waals surface area contributed by atoms with Crippen molar-refractivity contribution in [2.45, 2.75) is 99.3 Å². The Kier molecular flexibility index (Phi) is 36.0. The third-order valence-corrected chi connectivity index (χ3v) is 15.3. The molecular formula is C63H83Cl2N8O7S4Tc+. The summed E-state index contributed by atoms with van der Waals surface area (Å²) in [6.07, 6.45) is 8.10. The zero-order valence-corrected chi connectivity index (χ0v) is 55.3. The predicted octanol–water partition coefficient (Wildman–Crippen LogP) is 10.7. The Morgan fingerprint density at radius 2 is 0.953 bits per heavy atom. The number of fused-ring (bicyclic) bond motifs is 2. The molecule has 22 heteroatoms. The first-order chi connectivity index (χ1) is 40.5. The predicted molar refractivity (Wildman–Crippen MR) is 354 cm³/mol. The van der Waals surface area contributed by atoms with Crippen LogP contribution >= 0.6 is 48.5 Å². The van der Waals surface area contributed by atoms with Gasteiger partial charge >= 0.3 is 22.4 Å². The molecule has 0 aliphatic heterocycles. The van der Waals surface area contributed by atoms with E-state index in [2.05, 4.69) is 56.3 Å². The monoisotopic (exact) mass is 1360 g/mol. The number of halogens is 2. The van der Waals surface area contributed by atoms with Gasteiger partial charge in [0, 0.05) is 87.6 Å². The minimum atomic E-state index is -0.152. The van der Waals surface area contributed by atoms with Crippen LogP contribution in [-0.2, 0) is 79.6 Å². The third kappa shape index (κ3) is 24.6. The third-order valence-electron chi connectivity index (χ3n) is 14.1. The van der Waals surface area contributed by atoms with E-state index in [1.54, 1.807) is 57.7 Å². The van der Waals surface area contributed by atoms with Crippen molar-refractivity contribution in [3.05, 3.63) is 145 Å². The van der Waals surface area contributed by atoms with E-state index in [-0.39, 0.29) is 55.7 Å². The molecule has 4 amide bonds. The molecule has 0 aliphatic carbocycles. The normalized spacial score (nSPS) is 10.9. The van der Waals surface area contributed by atoms with Gasteiger partial charge in [-0.2, -0.15) is 43.3 Å². The first-order valence-electron chi connectivity index (χ1n) is 28.3. The van der Waals surface area contributed by atoms with Gasteiger partial charge in [0.15, 0.2) is 0 Å². The van der Waals surface area contributed by atoms with Gasteiger partial charge in [-0.25, -0.2) is 0 Å². The molecule has 0 saturated heterocycles. The van der Waals surface area contributed by atoms with Crippen LogP contribution in [0.5, 0.6) is 0 Å². The summed E-state index contributed by atoms with van der Waals surface area (Å²) < 4.78 is 11.6. The van der Waals surface area contributed by atoms with Crippen molar-refractivity contribution in [1.29, 1.82) is 0 Å². The number of carbonyl (C=O) groups is 6. The van der Waals surface area contributed by atoms with Crippen molar-refractivity contribution in [3.8, 4) is 0 Å². The van der Waals surface area contributed by atoms with E-state index < -0.39 is 0 Å². The molecule has 85 heavy (non-hydrogen) atoms. The Bertz CT molecular complexity index is 2890. The summed E-state index contributed by atoms with van der Waals surface area (Å²) in [7, 11) is 0. The zero-order valence-electron chi connectivity index (χ0n) is 48.5. The van der Waals surface area contributed by atoms with Crippen LogP contribution in [0.25, 0.3) is 27.1 Å². The summed E-state index contributed by atoms with van der Waals surface area (Å²) in [5.74, 6) is 1.83. The van der Waals surface area contributed by atoms with Gasteiger partial charge < -0.3 is 51.3 Å². The van der Waals surface area contributed by atoms with Gasteiger partial charge in [-0.3, -0.25) is 42.9 Å².